The van der Waals surface area contributed by atoms with Crippen molar-refractivity contribution in [3.05, 3.63) is 65.2 Å². The average molecular weight is 534 g/mol. The van der Waals surface area contributed by atoms with E-state index in [1.165, 1.54) is 5.56 Å². The highest BCUT2D eigenvalue weighted by Gasteiger charge is 2.22. The smallest absolute Gasteiger partial charge is 0.222 e. The molecular formula is C24H31IN4O2. The molecule has 0 bridgehead atoms. The van der Waals surface area contributed by atoms with Gasteiger partial charge in [-0.25, -0.2) is 4.99 Å². The van der Waals surface area contributed by atoms with E-state index >= 15 is 0 Å². The zero-order valence-corrected chi connectivity index (χ0v) is 20.3. The SMILES string of the molecule is CCNC(=NCc1cccc(CN2CCCC2=O)c1)NCC1Cc2ccccc2O1.I. The lowest BCUT2D eigenvalue weighted by molar-refractivity contribution is -0.128. The zero-order chi connectivity index (χ0) is 20.8. The van der Waals surface area contributed by atoms with Crippen molar-refractivity contribution in [3.8, 4) is 5.75 Å². The van der Waals surface area contributed by atoms with E-state index in [2.05, 4.69) is 47.9 Å². The lowest BCUT2D eigenvalue weighted by atomic mass is 10.1. The molecule has 0 aromatic heterocycles. The van der Waals surface area contributed by atoms with E-state index < -0.39 is 0 Å². The number of ether oxygens (including phenoxy) is 1. The van der Waals surface area contributed by atoms with Gasteiger partial charge in [0.1, 0.15) is 11.9 Å². The fourth-order valence-corrected chi connectivity index (χ4v) is 4.01. The van der Waals surface area contributed by atoms with Crippen LogP contribution in [0.4, 0.5) is 0 Å². The molecule has 2 aliphatic rings. The summed E-state index contributed by atoms with van der Waals surface area (Å²) in [6.07, 6.45) is 2.68. The number of guanidine groups is 1. The third-order valence-electron chi connectivity index (χ3n) is 5.51. The number of halogens is 1. The molecule has 7 heteroatoms. The molecule has 1 saturated heterocycles. The Morgan fingerprint density at radius 1 is 1.16 bits per heavy atom. The first-order chi connectivity index (χ1) is 14.7. The van der Waals surface area contributed by atoms with Crippen LogP contribution in [0, 0.1) is 0 Å². The van der Waals surface area contributed by atoms with Crippen LogP contribution in [-0.4, -0.2) is 42.5 Å². The van der Waals surface area contributed by atoms with Crippen molar-refractivity contribution in [2.45, 2.75) is 45.4 Å². The molecule has 0 aliphatic carbocycles. The van der Waals surface area contributed by atoms with Crippen LogP contribution >= 0.6 is 24.0 Å². The summed E-state index contributed by atoms with van der Waals surface area (Å²) in [7, 11) is 0. The molecular weight excluding hydrogens is 503 g/mol. The second-order valence-electron chi connectivity index (χ2n) is 7.87. The van der Waals surface area contributed by atoms with Crippen molar-refractivity contribution < 1.29 is 9.53 Å². The number of carbonyl (C=O) groups excluding carboxylic acids is 1. The molecule has 2 N–H and O–H groups in total. The lowest BCUT2D eigenvalue weighted by Crippen LogP contribution is -2.42. The Labute approximate surface area is 201 Å². The standard InChI is InChI=1S/C24H30N4O2.HI/c1-2-25-24(27-16-21-14-20-9-3-4-10-22(20)30-21)26-15-18-7-5-8-19(13-18)17-28-12-6-11-23(28)29;/h3-5,7-10,13,21H,2,6,11-12,14-17H2,1H3,(H2,25,26,27);1H. The minimum absolute atomic E-state index is 0. The molecule has 0 saturated carbocycles. The van der Waals surface area contributed by atoms with Gasteiger partial charge in [-0.3, -0.25) is 4.79 Å². The molecule has 4 rings (SSSR count). The van der Waals surface area contributed by atoms with E-state index in [4.69, 9.17) is 9.73 Å². The van der Waals surface area contributed by atoms with Gasteiger partial charge in [0.15, 0.2) is 5.96 Å². The first kappa shape index (κ1) is 23.4. The fourth-order valence-electron chi connectivity index (χ4n) is 4.01. The maximum Gasteiger partial charge on any atom is 0.222 e. The quantitative estimate of drug-likeness (QED) is 0.325. The van der Waals surface area contributed by atoms with Gasteiger partial charge in [0.2, 0.25) is 5.91 Å². The predicted molar refractivity (Wildman–Crippen MR) is 134 cm³/mol. The monoisotopic (exact) mass is 534 g/mol. The molecule has 2 aromatic carbocycles. The van der Waals surface area contributed by atoms with E-state index in [1.54, 1.807) is 0 Å². The van der Waals surface area contributed by atoms with Crippen molar-refractivity contribution >= 4 is 35.8 Å². The Morgan fingerprint density at radius 2 is 2.00 bits per heavy atom. The van der Waals surface area contributed by atoms with Gasteiger partial charge in [-0.2, -0.15) is 0 Å². The van der Waals surface area contributed by atoms with Gasteiger partial charge in [0.25, 0.3) is 0 Å². The first-order valence-corrected chi connectivity index (χ1v) is 10.8. The number of nitrogens with one attached hydrogen (secondary N) is 2. The minimum Gasteiger partial charge on any atom is -0.488 e. The van der Waals surface area contributed by atoms with E-state index in [1.807, 2.05) is 23.1 Å². The molecule has 2 aromatic rings. The van der Waals surface area contributed by atoms with Crippen LogP contribution in [-0.2, 0) is 24.3 Å². The van der Waals surface area contributed by atoms with Gasteiger partial charge in [-0.1, -0.05) is 42.5 Å². The van der Waals surface area contributed by atoms with Crippen LogP contribution in [0.3, 0.4) is 0 Å². The summed E-state index contributed by atoms with van der Waals surface area (Å²) < 4.78 is 6.01. The number of amides is 1. The van der Waals surface area contributed by atoms with Crippen LogP contribution in [0.2, 0.25) is 0 Å². The van der Waals surface area contributed by atoms with Gasteiger partial charge < -0.3 is 20.3 Å². The van der Waals surface area contributed by atoms with Crippen molar-refractivity contribution in [1.82, 2.24) is 15.5 Å². The molecule has 1 fully saturated rings. The third kappa shape index (κ3) is 6.35. The number of likely N-dealkylation sites (tertiary alicyclic amines) is 1. The summed E-state index contributed by atoms with van der Waals surface area (Å²) >= 11 is 0. The third-order valence-corrected chi connectivity index (χ3v) is 5.51. The van der Waals surface area contributed by atoms with Crippen LogP contribution < -0.4 is 15.4 Å². The molecule has 1 atom stereocenters. The molecule has 2 heterocycles. The maximum absolute atomic E-state index is 11.9. The highest BCUT2D eigenvalue weighted by molar-refractivity contribution is 14.0. The summed E-state index contributed by atoms with van der Waals surface area (Å²) in [4.78, 5) is 18.6. The van der Waals surface area contributed by atoms with Gasteiger partial charge in [0, 0.05) is 32.5 Å². The molecule has 0 radical (unpaired) electrons. The molecule has 1 amide bonds. The summed E-state index contributed by atoms with van der Waals surface area (Å²) in [6.45, 7) is 5.71. The normalized spacial score (nSPS) is 17.7. The van der Waals surface area contributed by atoms with Crippen molar-refractivity contribution in [2.24, 2.45) is 4.99 Å². The molecule has 0 spiro atoms. The van der Waals surface area contributed by atoms with Crippen LogP contribution in [0.25, 0.3) is 0 Å². The zero-order valence-electron chi connectivity index (χ0n) is 18.0. The number of hydrogen-bond acceptors (Lipinski definition) is 3. The Morgan fingerprint density at radius 3 is 2.77 bits per heavy atom. The summed E-state index contributed by atoms with van der Waals surface area (Å²) in [5.74, 6) is 2.03. The van der Waals surface area contributed by atoms with Gasteiger partial charge in [0.05, 0.1) is 13.1 Å². The van der Waals surface area contributed by atoms with Gasteiger partial charge in [-0.15, -0.1) is 24.0 Å². The van der Waals surface area contributed by atoms with Crippen molar-refractivity contribution in [1.29, 1.82) is 0 Å². The summed E-state index contributed by atoms with van der Waals surface area (Å²) in [5, 5.41) is 6.72. The topological polar surface area (TPSA) is 66.0 Å². The number of fused-ring (bicyclic) bond motifs is 1. The Hall–Kier alpha value is -2.29. The van der Waals surface area contributed by atoms with Gasteiger partial charge >= 0.3 is 0 Å². The Bertz CT molecular complexity index is 893. The van der Waals surface area contributed by atoms with Crippen molar-refractivity contribution in [2.75, 3.05) is 19.6 Å². The maximum atomic E-state index is 11.9. The molecule has 166 valence electrons. The number of nitrogens with zero attached hydrogens (tertiary/aromatic N) is 2. The minimum atomic E-state index is 0. The molecule has 2 aliphatic heterocycles. The molecule has 6 nitrogen and oxygen atoms in total. The van der Waals surface area contributed by atoms with Crippen molar-refractivity contribution in [3.63, 3.8) is 0 Å². The van der Waals surface area contributed by atoms with Crippen LogP contribution in [0.1, 0.15) is 36.5 Å². The highest BCUT2D eigenvalue weighted by atomic mass is 127. The molecule has 31 heavy (non-hydrogen) atoms. The lowest BCUT2D eigenvalue weighted by Gasteiger charge is -2.16. The fraction of sp³-hybridized carbons (Fsp3) is 0.417. The summed E-state index contributed by atoms with van der Waals surface area (Å²) in [6, 6.07) is 16.6. The summed E-state index contributed by atoms with van der Waals surface area (Å²) in [5.41, 5.74) is 3.56. The second kappa shape index (κ2) is 11.4. The van der Waals surface area contributed by atoms with Crippen LogP contribution in [0.5, 0.6) is 5.75 Å². The first-order valence-electron chi connectivity index (χ1n) is 10.8. The largest absolute Gasteiger partial charge is 0.488 e. The Kier molecular flexibility index (Phi) is 8.57. The number of hydrogen-bond donors (Lipinski definition) is 2. The van der Waals surface area contributed by atoms with Crippen LogP contribution in [0.15, 0.2) is 53.5 Å². The second-order valence-corrected chi connectivity index (χ2v) is 7.87. The number of para-hydroxylation sites is 1. The van der Waals surface area contributed by atoms with Gasteiger partial charge in [-0.05, 0) is 36.1 Å². The van der Waals surface area contributed by atoms with E-state index in [0.29, 0.717) is 26.1 Å². The number of benzene rings is 2. The van der Waals surface area contributed by atoms with E-state index in [0.717, 1.165) is 48.8 Å². The number of rotatable bonds is 7. The average Bonchev–Trinajstić information content (AvgIpc) is 3.36. The molecule has 1 unspecified atom stereocenters. The Balaban J connectivity index is 0.00000272. The predicted octanol–water partition coefficient (Wildman–Crippen LogP) is 3.49. The number of aliphatic imine (C=N–C) groups is 1. The number of carbonyl (C=O) groups is 1. The van der Waals surface area contributed by atoms with E-state index in [9.17, 15) is 4.79 Å². The van der Waals surface area contributed by atoms with E-state index in [-0.39, 0.29) is 36.0 Å². The highest BCUT2D eigenvalue weighted by Crippen LogP contribution is 2.27.